The van der Waals surface area contributed by atoms with Crippen LogP contribution in [-0.4, -0.2) is 44.3 Å². The summed E-state index contributed by atoms with van der Waals surface area (Å²) in [6.45, 7) is 6.16. The zero-order chi connectivity index (χ0) is 21.6. The van der Waals surface area contributed by atoms with Crippen molar-refractivity contribution in [1.29, 1.82) is 0 Å². The van der Waals surface area contributed by atoms with Gasteiger partial charge < -0.3 is 19.6 Å². The van der Waals surface area contributed by atoms with E-state index in [1.807, 2.05) is 12.5 Å². The number of rotatable bonds is 5. The molecule has 0 radical (unpaired) electrons. The highest BCUT2D eigenvalue weighted by Crippen LogP contribution is 2.64. The molecule has 3 unspecified atom stereocenters. The maximum atomic E-state index is 10.8. The quantitative estimate of drug-likeness (QED) is 0.551. The largest absolute Gasteiger partial charge is 0.396 e. The van der Waals surface area contributed by atoms with Gasteiger partial charge in [-0.1, -0.05) is 24.6 Å². The molecular weight excluding hydrogens is 390 g/mol. The van der Waals surface area contributed by atoms with Crippen molar-refractivity contribution in [3.8, 4) is 0 Å². The predicted octanol–water partition coefficient (Wildman–Crippen LogP) is 3.94. The fourth-order valence-electron chi connectivity index (χ4n) is 7.32. The van der Waals surface area contributed by atoms with Crippen LogP contribution in [-0.2, 0) is 11.4 Å². The normalized spacial score (nSPS) is 43.2. The molecule has 6 nitrogen and oxygen atoms in total. The lowest BCUT2D eigenvalue weighted by atomic mass is 9.47. The predicted molar refractivity (Wildman–Crippen MR) is 119 cm³/mol. The zero-order valence-corrected chi connectivity index (χ0v) is 18.9. The summed E-state index contributed by atoms with van der Waals surface area (Å²) in [5.74, 6) is 1.32. The number of hydrogen-bond donors (Lipinski definition) is 2. The van der Waals surface area contributed by atoms with Gasteiger partial charge in [0.25, 0.3) is 0 Å². The van der Waals surface area contributed by atoms with Gasteiger partial charge in [-0.15, -0.1) is 0 Å². The average Bonchev–Trinajstić information content (AvgIpc) is 3.37. The van der Waals surface area contributed by atoms with E-state index in [0.717, 1.165) is 63.6 Å². The number of oxime groups is 1. The first-order valence-electron chi connectivity index (χ1n) is 12.1. The summed E-state index contributed by atoms with van der Waals surface area (Å²) in [4.78, 5) is 9.93. The summed E-state index contributed by atoms with van der Waals surface area (Å²) in [6.07, 6.45) is 15.1. The third-order valence-electron chi connectivity index (χ3n) is 9.27. The summed E-state index contributed by atoms with van der Waals surface area (Å²) >= 11 is 0. The molecule has 0 aliphatic heterocycles. The van der Waals surface area contributed by atoms with Crippen LogP contribution in [0.3, 0.4) is 0 Å². The molecule has 7 atom stereocenters. The molecule has 1 aromatic heterocycles. The molecule has 2 N–H and O–H groups in total. The Morgan fingerprint density at radius 3 is 2.84 bits per heavy atom. The number of aliphatic hydroxyl groups is 2. The highest BCUT2D eigenvalue weighted by Gasteiger charge is 2.60. The van der Waals surface area contributed by atoms with E-state index in [0.29, 0.717) is 24.4 Å². The number of imidazole rings is 1. The summed E-state index contributed by atoms with van der Waals surface area (Å²) in [6, 6.07) is 0. The molecule has 170 valence electrons. The van der Waals surface area contributed by atoms with E-state index in [4.69, 9.17) is 9.99 Å². The zero-order valence-electron chi connectivity index (χ0n) is 18.9. The van der Waals surface area contributed by atoms with Crippen LogP contribution in [0.25, 0.3) is 0 Å². The molecule has 31 heavy (non-hydrogen) atoms. The van der Waals surface area contributed by atoms with E-state index in [2.05, 4.69) is 29.5 Å². The minimum absolute atomic E-state index is 0.0146. The number of fused-ring (bicyclic) bond motifs is 5. The number of allylic oxidation sites excluding steroid dienone is 1. The topological polar surface area (TPSA) is 79.9 Å². The van der Waals surface area contributed by atoms with Crippen molar-refractivity contribution < 1.29 is 15.1 Å². The van der Waals surface area contributed by atoms with Crippen LogP contribution < -0.4 is 0 Å². The van der Waals surface area contributed by atoms with Crippen LogP contribution in [0.5, 0.6) is 0 Å². The SMILES string of the molecule is C[C@]12CC[C@H](O)CC1=CC(=NOCCCn1ccnc1)C1C2CC[C@@]2(C)C1CC[C@@H]2O. The third kappa shape index (κ3) is 3.56. The second kappa shape index (κ2) is 8.04. The van der Waals surface area contributed by atoms with Crippen LogP contribution in [0, 0.1) is 28.6 Å². The van der Waals surface area contributed by atoms with Gasteiger partial charge in [0.15, 0.2) is 0 Å². The molecule has 4 aliphatic carbocycles. The molecule has 5 rings (SSSR count). The van der Waals surface area contributed by atoms with E-state index in [1.165, 1.54) is 5.57 Å². The molecule has 0 amide bonds. The van der Waals surface area contributed by atoms with Gasteiger partial charge in [-0.2, -0.15) is 0 Å². The molecule has 6 heteroatoms. The second-order valence-electron chi connectivity index (χ2n) is 10.9. The Balaban J connectivity index is 1.40. The third-order valence-corrected chi connectivity index (χ3v) is 9.27. The number of hydrogen-bond acceptors (Lipinski definition) is 5. The monoisotopic (exact) mass is 427 g/mol. The Morgan fingerprint density at radius 1 is 1.16 bits per heavy atom. The molecule has 0 bridgehead atoms. The molecule has 1 heterocycles. The molecule has 3 saturated carbocycles. The second-order valence-corrected chi connectivity index (χ2v) is 10.9. The lowest BCUT2D eigenvalue weighted by Crippen LogP contribution is -2.54. The van der Waals surface area contributed by atoms with E-state index in [9.17, 15) is 10.2 Å². The minimum atomic E-state index is -0.240. The summed E-state index contributed by atoms with van der Waals surface area (Å²) in [5.41, 5.74) is 2.54. The lowest BCUT2D eigenvalue weighted by molar-refractivity contribution is -0.0495. The Kier molecular flexibility index (Phi) is 5.50. The van der Waals surface area contributed by atoms with Gasteiger partial charge in [0, 0.05) is 31.3 Å². The van der Waals surface area contributed by atoms with E-state index in [-0.39, 0.29) is 23.0 Å². The van der Waals surface area contributed by atoms with Crippen molar-refractivity contribution in [3.05, 3.63) is 30.4 Å². The van der Waals surface area contributed by atoms with Crippen molar-refractivity contribution in [2.75, 3.05) is 6.61 Å². The Morgan fingerprint density at radius 2 is 2.03 bits per heavy atom. The number of aliphatic hydroxyl groups excluding tert-OH is 2. The first-order valence-corrected chi connectivity index (χ1v) is 12.1. The van der Waals surface area contributed by atoms with Crippen LogP contribution in [0.15, 0.2) is 35.5 Å². The number of aromatic nitrogens is 2. The van der Waals surface area contributed by atoms with Crippen LogP contribution in [0.1, 0.15) is 65.2 Å². The fourth-order valence-corrected chi connectivity index (χ4v) is 7.32. The van der Waals surface area contributed by atoms with Gasteiger partial charge in [-0.3, -0.25) is 0 Å². The van der Waals surface area contributed by atoms with Crippen molar-refractivity contribution in [1.82, 2.24) is 9.55 Å². The van der Waals surface area contributed by atoms with Gasteiger partial charge in [-0.05, 0) is 73.7 Å². The average molecular weight is 428 g/mol. The van der Waals surface area contributed by atoms with Crippen molar-refractivity contribution in [2.24, 2.45) is 33.7 Å². The first kappa shape index (κ1) is 21.2. The smallest absolute Gasteiger partial charge is 0.118 e. The van der Waals surface area contributed by atoms with Gasteiger partial charge in [0.1, 0.15) is 6.61 Å². The molecule has 0 aromatic carbocycles. The standard InChI is InChI=1S/C25H37N3O3/c1-24-8-6-18(29)14-17(24)15-21(27-31-13-3-11-28-12-10-26-16-28)23-19-4-5-22(30)25(19,2)9-7-20(23)24/h10,12,15-16,18-20,22-23,29-30H,3-9,11,13-14H2,1-2H3/t18-,19?,20?,22-,23?,24-,25-/m0/s1. The molecule has 1 aromatic rings. The Bertz CT molecular complexity index is 850. The van der Waals surface area contributed by atoms with Gasteiger partial charge in [-0.25, -0.2) is 4.98 Å². The molecule has 3 fully saturated rings. The molecular formula is C25H37N3O3. The van der Waals surface area contributed by atoms with Gasteiger partial charge in [0.2, 0.25) is 0 Å². The van der Waals surface area contributed by atoms with E-state index in [1.54, 1.807) is 6.20 Å². The van der Waals surface area contributed by atoms with E-state index < -0.39 is 0 Å². The van der Waals surface area contributed by atoms with Gasteiger partial charge in [0.05, 0.1) is 24.2 Å². The fraction of sp³-hybridized carbons (Fsp3) is 0.760. The number of nitrogens with zero attached hydrogens (tertiary/aromatic N) is 3. The van der Waals surface area contributed by atoms with Crippen LogP contribution in [0.4, 0.5) is 0 Å². The highest BCUT2D eigenvalue weighted by atomic mass is 16.6. The number of aryl methyl sites for hydroxylation is 1. The lowest BCUT2D eigenvalue weighted by Gasteiger charge is -2.57. The highest BCUT2D eigenvalue weighted by molar-refractivity contribution is 5.99. The molecule has 0 spiro atoms. The van der Waals surface area contributed by atoms with Gasteiger partial charge >= 0.3 is 0 Å². The maximum Gasteiger partial charge on any atom is 0.118 e. The Labute approximate surface area is 185 Å². The van der Waals surface area contributed by atoms with Crippen LogP contribution >= 0.6 is 0 Å². The molecule has 4 aliphatic rings. The minimum Gasteiger partial charge on any atom is -0.396 e. The molecule has 0 saturated heterocycles. The summed E-state index contributed by atoms with van der Waals surface area (Å²) in [7, 11) is 0. The first-order chi connectivity index (χ1) is 14.9. The maximum absolute atomic E-state index is 10.8. The van der Waals surface area contributed by atoms with E-state index >= 15 is 0 Å². The summed E-state index contributed by atoms with van der Waals surface area (Å²) < 4.78 is 2.05. The van der Waals surface area contributed by atoms with Crippen molar-refractivity contribution in [3.63, 3.8) is 0 Å². The summed E-state index contributed by atoms with van der Waals surface area (Å²) in [5, 5.41) is 25.9. The van der Waals surface area contributed by atoms with Crippen molar-refractivity contribution >= 4 is 5.71 Å². The van der Waals surface area contributed by atoms with Crippen molar-refractivity contribution in [2.45, 2.75) is 84.0 Å². The Hall–Kier alpha value is -1.66. The van der Waals surface area contributed by atoms with Crippen LogP contribution in [0.2, 0.25) is 0 Å².